The summed E-state index contributed by atoms with van der Waals surface area (Å²) in [4.78, 5) is 25.3. The van der Waals surface area contributed by atoms with E-state index >= 15 is 0 Å². The van der Waals surface area contributed by atoms with Crippen molar-refractivity contribution in [1.29, 1.82) is 0 Å². The number of nitrogens with one attached hydrogen (secondary N) is 2. The summed E-state index contributed by atoms with van der Waals surface area (Å²) in [5.74, 6) is 0.233. The van der Waals surface area contributed by atoms with E-state index in [1.807, 2.05) is 12.1 Å². The van der Waals surface area contributed by atoms with Gasteiger partial charge in [0.25, 0.3) is 0 Å². The monoisotopic (exact) mass is 301 g/mol. The number of likely N-dealkylation sites (tertiary alicyclic amines) is 1. The van der Waals surface area contributed by atoms with Gasteiger partial charge < -0.3 is 10.2 Å². The summed E-state index contributed by atoms with van der Waals surface area (Å²) in [6, 6.07) is 8.08. The fraction of sp³-hybridized carbons (Fsp3) is 0.529. The molecule has 3 rings (SSSR count). The molecule has 2 amide bonds. The van der Waals surface area contributed by atoms with Gasteiger partial charge in [-0.05, 0) is 63.0 Å². The third-order valence-corrected chi connectivity index (χ3v) is 4.68. The van der Waals surface area contributed by atoms with E-state index in [1.165, 1.54) is 18.4 Å². The van der Waals surface area contributed by atoms with Gasteiger partial charge in [-0.3, -0.25) is 14.9 Å². The second-order valence-corrected chi connectivity index (χ2v) is 6.35. The molecule has 1 aromatic rings. The van der Waals surface area contributed by atoms with Gasteiger partial charge in [0.05, 0.1) is 0 Å². The lowest BCUT2D eigenvalue weighted by atomic mass is 9.89. The Bertz CT molecular complexity index is 548. The number of carbonyl (C=O) groups excluding carboxylic acids is 2. The van der Waals surface area contributed by atoms with Crippen LogP contribution in [0.3, 0.4) is 0 Å². The molecule has 0 aromatic heterocycles. The lowest BCUT2D eigenvalue weighted by Crippen LogP contribution is -2.47. The molecule has 0 radical (unpaired) electrons. The van der Waals surface area contributed by atoms with Crippen LogP contribution in [-0.4, -0.2) is 42.9 Å². The summed E-state index contributed by atoms with van der Waals surface area (Å²) < 4.78 is 0. The first-order valence-electron chi connectivity index (χ1n) is 8.00. The fourth-order valence-corrected chi connectivity index (χ4v) is 3.23. The number of amides is 2. The van der Waals surface area contributed by atoms with Gasteiger partial charge in [-0.25, -0.2) is 0 Å². The van der Waals surface area contributed by atoms with Crippen molar-refractivity contribution in [2.24, 2.45) is 0 Å². The van der Waals surface area contributed by atoms with Crippen LogP contribution in [-0.2, 0) is 9.59 Å². The van der Waals surface area contributed by atoms with E-state index in [9.17, 15) is 9.59 Å². The predicted molar refractivity (Wildman–Crippen MR) is 85.7 cm³/mol. The minimum Gasteiger partial charge on any atom is -0.374 e. The van der Waals surface area contributed by atoms with Crippen molar-refractivity contribution in [3.63, 3.8) is 0 Å². The summed E-state index contributed by atoms with van der Waals surface area (Å²) in [5, 5.41) is 5.59. The smallest absolute Gasteiger partial charge is 0.249 e. The molecule has 2 aliphatic rings. The Hall–Kier alpha value is -1.88. The highest BCUT2D eigenvalue weighted by Crippen LogP contribution is 2.28. The van der Waals surface area contributed by atoms with Gasteiger partial charge in [0.2, 0.25) is 11.8 Å². The summed E-state index contributed by atoms with van der Waals surface area (Å²) in [7, 11) is 2.17. The van der Waals surface area contributed by atoms with E-state index in [-0.39, 0.29) is 17.9 Å². The lowest BCUT2D eigenvalue weighted by Gasteiger charge is -2.29. The Morgan fingerprint density at radius 3 is 2.41 bits per heavy atom. The van der Waals surface area contributed by atoms with Gasteiger partial charge in [0.15, 0.2) is 0 Å². The molecule has 5 heteroatoms. The molecule has 0 unspecified atom stereocenters. The highest BCUT2D eigenvalue weighted by molar-refractivity contribution is 6.01. The number of carbonyl (C=O) groups is 2. The third kappa shape index (κ3) is 3.47. The Labute approximate surface area is 131 Å². The van der Waals surface area contributed by atoms with Crippen LogP contribution >= 0.6 is 0 Å². The average Bonchev–Trinajstić information content (AvgIpc) is 2.52. The molecule has 5 nitrogen and oxygen atoms in total. The molecule has 0 bridgehead atoms. The zero-order valence-electron chi connectivity index (χ0n) is 13.0. The number of imide groups is 1. The first-order chi connectivity index (χ1) is 10.6. The van der Waals surface area contributed by atoms with Gasteiger partial charge in [0, 0.05) is 12.1 Å². The van der Waals surface area contributed by atoms with Crippen molar-refractivity contribution < 1.29 is 9.59 Å². The van der Waals surface area contributed by atoms with Crippen LogP contribution in [0.5, 0.6) is 0 Å². The van der Waals surface area contributed by atoms with E-state index in [4.69, 9.17) is 0 Å². The van der Waals surface area contributed by atoms with E-state index < -0.39 is 0 Å². The standard InChI is InChI=1S/C17H23N3O2/c1-20-10-8-13(9-11-20)12-2-4-14(5-3-12)18-15-6-7-16(21)19-17(15)22/h2-5,13,15,18H,6-11H2,1H3,(H,19,21,22)/t15-/m1/s1. The largest absolute Gasteiger partial charge is 0.374 e. The van der Waals surface area contributed by atoms with E-state index in [0.717, 1.165) is 18.8 Å². The van der Waals surface area contributed by atoms with E-state index in [2.05, 4.69) is 34.7 Å². The Morgan fingerprint density at radius 1 is 1.09 bits per heavy atom. The second-order valence-electron chi connectivity index (χ2n) is 6.35. The number of nitrogens with zero attached hydrogens (tertiary/aromatic N) is 1. The summed E-state index contributed by atoms with van der Waals surface area (Å²) in [6.07, 6.45) is 3.37. The van der Waals surface area contributed by atoms with Crippen LogP contribution in [0.2, 0.25) is 0 Å². The molecular formula is C17H23N3O2. The molecule has 0 aliphatic carbocycles. The SMILES string of the molecule is CN1CCC(c2ccc(N[C@@H]3CCC(=O)NC3=O)cc2)CC1. The maximum absolute atomic E-state index is 11.8. The highest BCUT2D eigenvalue weighted by Gasteiger charge is 2.26. The van der Waals surface area contributed by atoms with Crippen molar-refractivity contribution >= 4 is 17.5 Å². The molecule has 2 fully saturated rings. The normalized spacial score (nSPS) is 24.1. The zero-order valence-corrected chi connectivity index (χ0v) is 13.0. The fourth-order valence-electron chi connectivity index (χ4n) is 3.23. The minimum absolute atomic E-state index is 0.180. The van der Waals surface area contributed by atoms with Crippen molar-refractivity contribution in [3.8, 4) is 0 Å². The van der Waals surface area contributed by atoms with Gasteiger partial charge in [-0.2, -0.15) is 0 Å². The minimum atomic E-state index is -0.313. The summed E-state index contributed by atoms with van der Waals surface area (Å²) >= 11 is 0. The maximum Gasteiger partial charge on any atom is 0.249 e. The summed E-state index contributed by atoms with van der Waals surface area (Å²) in [5.41, 5.74) is 2.31. The van der Waals surface area contributed by atoms with Gasteiger partial charge in [-0.1, -0.05) is 12.1 Å². The molecular weight excluding hydrogens is 278 g/mol. The van der Waals surface area contributed by atoms with Crippen LogP contribution in [0.4, 0.5) is 5.69 Å². The predicted octanol–water partition coefficient (Wildman–Crippen LogP) is 1.71. The average molecular weight is 301 g/mol. The number of hydrogen-bond donors (Lipinski definition) is 2. The lowest BCUT2D eigenvalue weighted by molar-refractivity contribution is -0.133. The topological polar surface area (TPSA) is 61.4 Å². The molecule has 2 N–H and O–H groups in total. The molecule has 0 spiro atoms. The molecule has 2 saturated heterocycles. The van der Waals surface area contributed by atoms with Crippen molar-refractivity contribution in [2.45, 2.75) is 37.6 Å². The molecule has 2 aliphatic heterocycles. The number of piperidine rings is 2. The first kappa shape index (κ1) is 15.0. The Morgan fingerprint density at radius 2 is 1.77 bits per heavy atom. The van der Waals surface area contributed by atoms with Crippen molar-refractivity contribution in [3.05, 3.63) is 29.8 Å². The van der Waals surface area contributed by atoms with Gasteiger partial charge in [-0.15, -0.1) is 0 Å². The third-order valence-electron chi connectivity index (χ3n) is 4.68. The van der Waals surface area contributed by atoms with E-state index in [0.29, 0.717) is 18.8 Å². The van der Waals surface area contributed by atoms with Crippen molar-refractivity contribution in [2.75, 3.05) is 25.5 Å². The van der Waals surface area contributed by atoms with Crippen LogP contribution in [0.15, 0.2) is 24.3 Å². The van der Waals surface area contributed by atoms with E-state index in [1.54, 1.807) is 0 Å². The van der Waals surface area contributed by atoms with Gasteiger partial charge in [0.1, 0.15) is 6.04 Å². The second kappa shape index (κ2) is 6.48. The molecule has 1 aromatic carbocycles. The first-order valence-corrected chi connectivity index (χ1v) is 8.00. The quantitative estimate of drug-likeness (QED) is 0.835. The van der Waals surface area contributed by atoms with Gasteiger partial charge >= 0.3 is 0 Å². The Balaban J connectivity index is 1.59. The maximum atomic E-state index is 11.8. The molecule has 1 atom stereocenters. The number of anilines is 1. The molecule has 118 valence electrons. The molecule has 22 heavy (non-hydrogen) atoms. The zero-order chi connectivity index (χ0) is 15.5. The number of benzene rings is 1. The summed E-state index contributed by atoms with van der Waals surface area (Å²) in [6.45, 7) is 2.31. The highest BCUT2D eigenvalue weighted by atomic mass is 16.2. The number of rotatable bonds is 3. The van der Waals surface area contributed by atoms with Crippen LogP contribution in [0.25, 0.3) is 0 Å². The molecule has 2 heterocycles. The number of hydrogen-bond acceptors (Lipinski definition) is 4. The van der Waals surface area contributed by atoms with Crippen LogP contribution in [0.1, 0.15) is 37.2 Å². The van der Waals surface area contributed by atoms with Crippen molar-refractivity contribution in [1.82, 2.24) is 10.2 Å². The van der Waals surface area contributed by atoms with Crippen LogP contribution < -0.4 is 10.6 Å². The Kier molecular flexibility index (Phi) is 4.43. The molecule has 0 saturated carbocycles. The van der Waals surface area contributed by atoms with Crippen LogP contribution in [0, 0.1) is 0 Å².